The number of carbonyl (C=O) groups excluding carboxylic acids is 2. The molecule has 138 valence electrons. The van der Waals surface area contributed by atoms with E-state index in [4.69, 9.17) is 23.8 Å². The average molecular weight is 419 g/mol. The lowest BCUT2D eigenvalue weighted by atomic mass is 10.2. The third-order valence-corrected chi connectivity index (χ3v) is 5.36. The van der Waals surface area contributed by atoms with Crippen molar-refractivity contribution in [1.82, 2.24) is 4.90 Å². The fraction of sp³-hybridized carbons (Fsp3) is 0.105. The van der Waals surface area contributed by atoms with E-state index in [-0.39, 0.29) is 30.5 Å². The summed E-state index contributed by atoms with van der Waals surface area (Å²) in [6, 6.07) is 13.4. The Morgan fingerprint density at radius 1 is 1.26 bits per heavy atom. The molecule has 0 aliphatic carbocycles. The van der Waals surface area contributed by atoms with Gasteiger partial charge in [-0.2, -0.15) is 0 Å². The van der Waals surface area contributed by atoms with E-state index in [2.05, 4.69) is 5.32 Å². The summed E-state index contributed by atoms with van der Waals surface area (Å²) in [5.74, 6) is -0.418. The van der Waals surface area contributed by atoms with Gasteiger partial charge in [0.25, 0.3) is 5.91 Å². The number of nitrogens with zero attached hydrogens (tertiary/aromatic N) is 1. The molecule has 0 unspecified atom stereocenters. The maximum Gasteiger partial charge on any atom is 0.266 e. The summed E-state index contributed by atoms with van der Waals surface area (Å²) in [6.45, 7) is 0.188. The molecule has 2 amide bonds. The van der Waals surface area contributed by atoms with Gasteiger partial charge in [0.2, 0.25) is 5.91 Å². The molecule has 0 spiro atoms. The van der Waals surface area contributed by atoms with E-state index in [1.807, 2.05) is 12.1 Å². The average Bonchev–Trinajstić information content (AvgIpc) is 2.88. The van der Waals surface area contributed by atoms with Crippen molar-refractivity contribution in [3.8, 4) is 5.75 Å². The van der Waals surface area contributed by atoms with Crippen LogP contribution < -0.4 is 5.32 Å². The predicted molar refractivity (Wildman–Crippen MR) is 113 cm³/mol. The molecule has 8 heteroatoms. The first-order chi connectivity index (χ1) is 12.9. The molecule has 1 heterocycles. The minimum atomic E-state index is -0.267. The van der Waals surface area contributed by atoms with Gasteiger partial charge in [-0.3, -0.25) is 14.5 Å². The molecule has 0 aromatic heterocycles. The van der Waals surface area contributed by atoms with Gasteiger partial charge in [-0.1, -0.05) is 53.8 Å². The fourth-order valence-electron chi connectivity index (χ4n) is 2.42. The zero-order chi connectivity index (χ0) is 19.4. The van der Waals surface area contributed by atoms with Crippen molar-refractivity contribution in [2.24, 2.45) is 0 Å². The lowest BCUT2D eigenvalue weighted by Crippen LogP contribution is -2.31. The molecule has 0 saturated carbocycles. The summed E-state index contributed by atoms with van der Waals surface area (Å²) in [5, 5.41) is 12.7. The molecule has 5 nitrogen and oxygen atoms in total. The van der Waals surface area contributed by atoms with Crippen molar-refractivity contribution in [3.63, 3.8) is 0 Å². The third kappa shape index (κ3) is 5.09. The molecule has 1 fully saturated rings. The zero-order valence-electron chi connectivity index (χ0n) is 14.0. The summed E-state index contributed by atoms with van der Waals surface area (Å²) < 4.78 is 0.422. The highest BCUT2D eigenvalue weighted by molar-refractivity contribution is 8.26. The molecule has 1 saturated heterocycles. The second-order valence-corrected chi connectivity index (χ2v) is 7.85. The number of halogens is 1. The fourth-order valence-corrected chi connectivity index (χ4v) is 3.86. The van der Waals surface area contributed by atoms with E-state index in [1.165, 1.54) is 28.8 Å². The number of amides is 2. The summed E-state index contributed by atoms with van der Waals surface area (Å²) >= 11 is 12.3. The number of phenolic OH excluding ortho intramolecular Hbond substituents is 1. The summed E-state index contributed by atoms with van der Waals surface area (Å²) in [7, 11) is 0. The minimum absolute atomic E-state index is 0.0667. The first kappa shape index (κ1) is 19.4. The Balaban J connectivity index is 1.60. The van der Waals surface area contributed by atoms with Crippen LogP contribution in [0.5, 0.6) is 5.75 Å². The van der Waals surface area contributed by atoms with Gasteiger partial charge in [0, 0.05) is 29.7 Å². The van der Waals surface area contributed by atoms with Crippen LogP contribution in [0.3, 0.4) is 0 Å². The molecule has 2 N–H and O–H groups in total. The Hall–Kier alpha value is -2.35. The molecule has 0 bridgehead atoms. The van der Waals surface area contributed by atoms with Crippen molar-refractivity contribution >= 4 is 63.5 Å². The SMILES string of the molecule is O=C(CCN1C(=O)/C(=C/c2ccc(Cl)cc2)SC1=S)Nc1cccc(O)c1. The first-order valence-corrected chi connectivity index (χ1v) is 9.62. The highest BCUT2D eigenvalue weighted by atomic mass is 35.5. The molecule has 0 radical (unpaired) electrons. The second kappa shape index (κ2) is 8.56. The highest BCUT2D eigenvalue weighted by Crippen LogP contribution is 2.32. The number of thioether (sulfide) groups is 1. The van der Waals surface area contributed by atoms with E-state index >= 15 is 0 Å². The molecule has 1 aliphatic heterocycles. The van der Waals surface area contributed by atoms with Gasteiger partial charge in [-0.05, 0) is 35.9 Å². The number of benzene rings is 2. The normalized spacial score (nSPS) is 15.4. The Labute approximate surface area is 171 Å². The van der Waals surface area contributed by atoms with E-state index in [9.17, 15) is 14.7 Å². The van der Waals surface area contributed by atoms with Crippen molar-refractivity contribution in [3.05, 3.63) is 64.0 Å². The number of thiocarbonyl (C=S) groups is 1. The van der Waals surface area contributed by atoms with Gasteiger partial charge in [-0.15, -0.1) is 0 Å². The van der Waals surface area contributed by atoms with E-state index in [0.717, 1.165) is 5.56 Å². The van der Waals surface area contributed by atoms with Crippen LogP contribution in [-0.2, 0) is 9.59 Å². The largest absolute Gasteiger partial charge is 0.508 e. The van der Waals surface area contributed by atoms with Crippen LogP contribution in [0.25, 0.3) is 6.08 Å². The van der Waals surface area contributed by atoms with Crippen LogP contribution in [0, 0.1) is 0 Å². The summed E-state index contributed by atoms with van der Waals surface area (Å²) in [4.78, 5) is 26.6. The molecular weight excluding hydrogens is 404 g/mol. The van der Waals surface area contributed by atoms with E-state index in [1.54, 1.807) is 30.3 Å². The van der Waals surface area contributed by atoms with Gasteiger partial charge in [0.15, 0.2) is 0 Å². The highest BCUT2D eigenvalue weighted by Gasteiger charge is 2.32. The molecule has 1 aliphatic rings. The van der Waals surface area contributed by atoms with Crippen molar-refractivity contribution < 1.29 is 14.7 Å². The van der Waals surface area contributed by atoms with Gasteiger partial charge < -0.3 is 10.4 Å². The van der Waals surface area contributed by atoms with Gasteiger partial charge >= 0.3 is 0 Å². The van der Waals surface area contributed by atoms with Crippen LogP contribution in [-0.4, -0.2) is 32.7 Å². The molecule has 27 heavy (non-hydrogen) atoms. The van der Waals surface area contributed by atoms with Crippen LogP contribution in [0.1, 0.15) is 12.0 Å². The van der Waals surface area contributed by atoms with Crippen LogP contribution in [0.15, 0.2) is 53.4 Å². The summed E-state index contributed by atoms with van der Waals surface area (Å²) in [6.07, 6.45) is 1.85. The first-order valence-electron chi connectivity index (χ1n) is 8.02. The quantitative estimate of drug-likeness (QED) is 0.560. The molecule has 3 rings (SSSR count). The third-order valence-electron chi connectivity index (χ3n) is 3.73. The van der Waals surface area contributed by atoms with Crippen LogP contribution in [0.2, 0.25) is 5.02 Å². The van der Waals surface area contributed by atoms with E-state index in [0.29, 0.717) is 19.9 Å². The summed E-state index contributed by atoms with van der Waals surface area (Å²) in [5.41, 5.74) is 1.34. The van der Waals surface area contributed by atoms with Crippen molar-refractivity contribution in [1.29, 1.82) is 0 Å². The molecule has 0 atom stereocenters. The maximum absolute atomic E-state index is 12.6. The van der Waals surface area contributed by atoms with Gasteiger partial charge in [-0.25, -0.2) is 0 Å². The lowest BCUT2D eigenvalue weighted by Gasteiger charge is -2.14. The Kier molecular flexibility index (Phi) is 6.15. The smallest absolute Gasteiger partial charge is 0.266 e. The number of hydrogen-bond donors (Lipinski definition) is 2. The second-order valence-electron chi connectivity index (χ2n) is 5.73. The maximum atomic E-state index is 12.6. The van der Waals surface area contributed by atoms with Crippen molar-refractivity contribution in [2.45, 2.75) is 6.42 Å². The Bertz CT molecular complexity index is 929. The topological polar surface area (TPSA) is 69.6 Å². The number of phenols is 1. The number of nitrogens with one attached hydrogen (secondary N) is 1. The number of aromatic hydroxyl groups is 1. The Morgan fingerprint density at radius 3 is 2.70 bits per heavy atom. The number of carbonyl (C=O) groups is 2. The van der Waals surface area contributed by atoms with Crippen molar-refractivity contribution in [2.75, 3.05) is 11.9 Å². The van der Waals surface area contributed by atoms with Crippen LogP contribution in [0.4, 0.5) is 5.69 Å². The predicted octanol–water partition coefficient (Wildman–Crippen LogP) is 4.28. The lowest BCUT2D eigenvalue weighted by molar-refractivity contribution is -0.122. The zero-order valence-corrected chi connectivity index (χ0v) is 16.4. The number of rotatable bonds is 5. The Morgan fingerprint density at radius 2 is 2.00 bits per heavy atom. The van der Waals surface area contributed by atoms with E-state index < -0.39 is 0 Å². The molecule has 2 aromatic rings. The van der Waals surface area contributed by atoms with Gasteiger partial charge in [0.1, 0.15) is 10.1 Å². The molecule has 2 aromatic carbocycles. The van der Waals surface area contributed by atoms with Gasteiger partial charge in [0.05, 0.1) is 4.91 Å². The number of anilines is 1. The minimum Gasteiger partial charge on any atom is -0.508 e. The number of hydrogen-bond acceptors (Lipinski definition) is 5. The molecular formula is C19H15ClN2O3S2. The monoisotopic (exact) mass is 418 g/mol. The standard InChI is InChI=1S/C19H15ClN2O3S2/c20-13-6-4-12(5-7-13)10-16-18(25)22(19(26)27-16)9-8-17(24)21-14-2-1-3-15(23)11-14/h1-7,10-11,23H,8-9H2,(H,21,24)/b16-10-. The van der Waals surface area contributed by atoms with Crippen LogP contribution >= 0.6 is 35.6 Å².